The molecule has 4 nitrogen and oxygen atoms in total. The highest BCUT2D eigenvalue weighted by Crippen LogP contribution is 2.28. The maximum Gasteiger partial charge on any atom is 0.154 e. The lowest BCUT2D eigenvalue weighted by Gasteiger charge is -2.16. The molecule has 3 aromatic rings. The van der Waals surface area contributed by atoms with Crippen molar-refractivity contribution in [2.24, 2.45) is 7.05 Å². The number of hydrogen-bond donors (Lipinski definition) is 1. The quantitative estimate of drug-likeness (QED) is 0.789. The Morgan fingerprint density at radius 1 is 1.37 bits per heavy atom. The predicted octanol–water partition coefficient (Wildman–Crippen LogP) is 3.59. The van der Waals surface area contributed by atoms with E-state index < -0.39 is 0 Å². The summed E-state index contributed by atoms with van der Waals surface area (Å²) in [5, 5.41) is 5.62. The largest absolute Gasteiger partial charge is 0.361 e. The Hall–Kier alpha value is -1.88. The maximum atomic E-state index is 4.44. The number of nitrogens with one attached hydrogen (secondary N) is 1. The van der Waals surface area contributed by atoms with Gasteiger partial charge < -0.3 is 9.88 Å². The van der Waals surface area contributed by atoms with E-state index in [1.807, 2.05) is 30.2 Å². The van der Waals surface area contributed by atoms with Gasteiger partial charge in [0.25, 0.3) is 0 Å². The van der Waals surface area contributed by atoms with Crippen molar-refractivity contribution in [2.75, 3.05) is 5.32 Å². The third-order valence-corrected chi connectivity index (χ3v) is 4.23. The lowest BCUT2D eigenvalue weighted by Crippen LogP contribution is -2.09. The highest BCUT2D eigenvalue weighted by molar-refractivity contribution is 7.10. The van der Waals surface area contributed by atoms with Gasteiger partial charge >= 0.3 is 0 Å². The number of anilines is 1. The van der Waals surface area contributed by atoms with Crippen LogP contribution in [0.2, 0.25) is 0 Å². The fourth-order valence-electron chi connectivity index (χ4n) is 2.20. The van der Waals surface area contributed by atoms with E-state index in [0.29, 0.717) is 6.04 Å². The molecule has 3 heterocycles. The van der Waals surface area contributed by atoms with Crippen LogP contribution in [0, 0.1) is 0 Å². The minimum atomic E-state index is 0.292. The average molecular weight is 272 g/mol. The third-order valence-electron chi connectivity index (χ3n) is 3.25. The zero-order valence-corrected chi connectivity index (χ0v) is 11.8. The summed E-state index contributed by atoms with van der Waals surface area (Å²) in [4.78, 5) is 10.2. The highest BCUT2D eigenvalue weighted by Gasteiger charge is 2.14. The first kappa shape index (κ1) is 12.2. The fourth-order valence-corrected chi connectivity index (χ4v) is 3.06. The molecule has 3 aromatic heterocycles. The van der Waals surface area contributed by atoms with Gasteiger partial charge in [0.05, 0.1) is 17.9 Å². The van der Waals surface area contributed by atoms with Crippen LogP contribution in [0.25, 0.3) is 11.0 Å². The molecule has 0 aliphatic carbocycles. The molecule has 0 aliphatic rings. The van der Waals surface area contributed by atoms with Gasteiger partial charge in [-0.25, -0.2) is 9.97 Å². The van der Waals surface area contributed by atoms with Gasteiger partial charge in [0.15, 0.2) is 5.82 Å². The molecule has 0 radical (unpaired) electrons. The summed E-state index contributed by atoms with van der Waals surface area (Å²) in [7, 11) is 2.00. The van der Waals surface area contributed by atoms with Crippen molar-refractivity contribution in [3.8, 4) is 0 Å². The Morgan fingerprint density at radius 2 is 2.26 bits per heavy atom. The monoisotopic (exact) mass is 272 g/mol. The zero-order valence-electron chi connectivity index (χ0n) is 11.0. The molecule has 1 atom stereocenters. The summed E-state index contributed by atoms with van der Waals surface area (Å²) in [5.41, 5.74) is 2.03. The van der Waals surface area contributed by atoms with Crippen LogP contribution in [0.4, 0.5) is 5.82 Å². The van der Waals surface area contributed by atoms with Crippen molar-refractivity contribution in [2.45, 2.75) is 19.4 Å². The third kappa shape index (κ3) is 2.21. The first-order valence-electron chi connectivity index (χ1n) is 6.35. The van der Waals surface area contributed by atoms with E-state index in [-0.39, 0.29) is 0 Å². The molecule has 3 rings (SSSR count). The number of hydrogen-bond acceptors (Lipinski definition) is 4. The summed E-state index contributed by atoms with van der Waals surface area (Å²) in [6.07, 6.45) is 4.67. The van der Waals surface area contributed by atoms with Crippen LogP contribution >= 0.6 is 11.3 Å². The van der Waals surface area contributed by atoms with Crippen LogP contribution in [0.1, 0.15) is 24.3 Å². The lowest BCUT2D eigenvalue weighted by molar-refractivity contribution is 0.760. The second kappa shape index (κ2) is 5.01. The first-order chi connectivity index (χ1) is 9.29. The Morgan fingerprint density at radius 3 is 3.00 bits per heavy atom. The minimum absolute atomic E-state index is 0.292. The van der Waals surface area contributed by atoms with Crippen LogP contribution in [0.3, 0.4) is 0 Å². The Bertz CT molecular complexity index is 672. The number of rotatable bonds is 4. The fraction of sp³-hybridized carbons (Fsp3) is 0.286. The van der Waals surface area contributed by atoms with Crippen LogP contribution in [-0.4, -0.2) is 14.5 Å². The van der Waals surface area contributed by atoms with Crippen molar-refractivity contribution in [1.82, 2.24) is 14.5 Å². The molecule has 0 aliphatic heterocycles. The van der Waals surface area contributed by atoms with Gasteiger partial charge in [0.1, 0.15) is 5.52 Å². The minimum Gasteiger partial charge on any atom is -0.361 e. The average Bonchev–Trinajstić information content (AvgIpc) is 3.07. The second-order valence-electron chi connectivity index (χ2n) is 4.50. The van der Waals surface area contributed by atoms with Gasteiger partial charge in [0.2, 0.25) is 0 Å². The van der Waals surface area contributed by atoms with E-state index in [4.69, 9.17) is 0 Å². The number of nitrogens with zero attached hydrogens (tertiary/aromatic N) is 3. The van der Waals surface area contributed by atoms with Crippen molar-refractivity contribution < 1.29 is 0 Å². The summed E-state index contributed by atoms with van der Waals surface area (Å²) in [5.74, 6) is 0.860. The molecule has 0 fully saturated rings. The summed E-state index contributed by atoms with van der Waals surface area (Å²) in [6, 6.07) is 6.52. The van der Waals surface area contributed by atoms with Crippen molar-refractivity contribution in [3.05, 3.63) is 41.0 Å². The Balaban J connectivity index is 1.96. The molecule has 98 valence electrons. The van der Waals surface area contributed by atoms with E-state index in [9.17, 15) is 0 Å². The smallest absolute Gasteiger partial charge is 0.154 e. The van der Waals surface area contributed by atoms with E-state index in [0.717, 1.165) is 23.3 Å². The Kier molecular flexibility index (Phi) is 3.21. The molecule has 1 N–H and O–H groups in total. The van der Waals surface area contributed by atoms with E-state index >= 15 is 0 Å². The van der Waals surface area contributed by atoms with Crippen LogP contribution in [-0.2, 0) is 7.05 Å². The zero-order chi connectivity index (χ0) is 13.2. The number of pyridine rings is 1. The molecule has 0 spiro atoms. The standard InChI is InChI=1S/C14H16N4S/c1-3-10(12-5-4-8-19-12)17-14-13-11(6-7-15-14)18(2)9-16-13/h4-10H,3H2,1-2H3,(H,15,17). The van der Waals surface area contributed by atoms with Gasteiger partial charge in [-0.1, -0.05) is 13.0 Å². The SMILES string of the molecule is CCC(Nc1nccc2c1ncn2C)c1cccs1. The number of imidazole rings is 1. The lowest BCUT2D eigenvalue weighted by atomic mass is 10.2. The molecule has 5 heteroatoms. The van der Waals surface area contributed by atoms with E-state index in [1.54, 1.807) is 11.3 Å². The molecule has 0 saturated carbocycles. The number of aryl methyl sites for hydroxylation is 1. The van der Waals surface area contributed by atoms with Crippen molar-refractivity contribution >= 4 is 28.2 Å². The predicted molar refractivity (Wildman–Crippen MR) is 79.5 cm³/mol. The topological polar surface area (TPSA) is 42.7 Å². The molecule has 0 amide bonds. The summed E-state index contributed by atoms with van der Waals surface area (Å²) < 4.78 is 2.01. The van der Waals surface area contributed by atoms with Crippen LogP contribution < -0.4 is 5.32 Å². The molecular formula is C14H16N4S. The molecule has 1 unspecified atom stereocenters. The second-order valence-corrected chi connectivity index (χ2v) is 5.48. The van der Waals surface area contributed by atoms with Gasteiger partial charge in [0, 0.05) is 18.1 Å². The van der Waals surface area contributed by atoms with Gasteiger partial charge in [-0.3, -0.25) is 0 Å². The van der Waals surface area contributed by atoms with Gasteiger partial charge in [-0.2, -0.15) is 0 Å². The van der Waals surface area contributed by atoms with Gasteiger partial charge in [-0.05, 0) is 23.9 Å². The number of fused-ring (bicyclic) bond motifs is 1. The van der Waals surface area contributed by atoms with E-state index in [1.165, 1.54) is 4.88 Å². The first-order valence-corrected chi connectivity index (χ1v) is 7.23. The molecule has 0 bridgehead atoms. The summed E-state index contributed by atoms with van der Waals surface area (Å²) in [6.45, 7) is 2.18. The van der Waals surface area contributed by atoms with Gasteiger partial charge in [-0.15, -0.1) is 11.3 Å². The molecule has 19 heavy (non-hydrogen) atoms. The van der Waals surface area contributed by atoms with Crippen LogP contribution in [0.5, 0.6) is 0 Å². The van der Waals surface area contributed by atoms with Crippen LogP contribution in [0.15, 0.2) is 36.1 Å². The van der Waals surface area contributed by atoms with Crippen molar-refractivity contribution in [3.63, 3.8) is 0 Å². The molecular weight excluding hydrogens is 256 g/mol. The number of aromatic nitrogens is 3. The molecule has 0 saturated heterocycles. The number of thiophene rings is 1. The highest BCUT2D eigenvalue weighted by atomic mass is 32.1. The molecule has 0 aromatic carbocycles. The Labute approximate surface area is 116 Å². The normalized spacial score (nSPS) is 12.7. The summed E-state index contributed by atoms with van der Waals surface area (Å²) >= 11 is 1.77. The maximum absolute atomic E-state index is 4.44. The van der Waals surface area contributed by atoms with Crippen molar-refractivity contribution in [1.29, 1.82) is 0 Å². The van der Waals surface area contributed by atoms with E-state index in [2.05, 4.69) is 39.7 Å².